The summed E-state index contributed by atoms with van der Waals surface area (Å²) in [6.07, 6.45) is 1.51. The van der Waals surface area contributed by atoms with Crippen molar-refractivity contribution in [1.29, 1.82) is 0 Å². The van der Waals surface area contributed by atoms with Gasteiger partial charge in [0.1, 0.15) is 5.56 Å². The number of nitrogens with one attached hydrogen (secondary N) is 1. The van der Waals surface area contributed by atoms with Gasteiger partial charge in [0.25, 0.3) is 11.6 Å². The van der Waals surface area contributed by atoms with Gasteiger partial charge in [-0.3, -0.25) is 14.9 Å². The molecule has 0 aromatic heterocycles. The van der Waals surface area contributed by atoms with Gasteiger partial charge >= 0.3 is 0 Å². The molecule has 1 atom stereocenters. The van der Waals surface area contributed by atoms with Gasteiger partial charge in [0.15, 0.2) is 0 Å². The number of nitro benzene ring substituents is 1. The lowest BCUT2D eigenvalue weighted by Gasteiger charge is -2.29. The number of benzene rings is 1. The van der Waals surface area contributed by atoms with Crippen LogP contribution < -0.4 is 5.32 Å². The number of nitro groups is 1. The molecule has 1 aromatic carbocycles. The van der Waals surface area contributed by atoms with Crippen molar-refractivity contribution in [1.82, 2.24) is 5.32 Å². The third-order valence-electron chi connectivity index (χ3n) is 3.51. The molecule has 0 aliphatic heterocycles. The first kappa shape index (κ1) is 16.6. The van der Waals surface area contributed by atoms with E-state index < -0.39 is 10.8 Å². The molecule has 110 valence electrons. The number of carbonyl (C=O) groups is 1. The molecule has 0 heterocycles. The lowest BCUT2D eigenvalue weighted by molar-refractivity contribution is -0.385. The van der Waals surface area contributed by atoms with Gasteiger partial charge in [0, 0.05) is 16.4 Å². The summed E-state index contributed by atoms with van der Waals surface area (Å²) in [4.78, 5) is 23.0. The number of aryl methyl sites for hydroxylation is 1. The summed E-state index contributed by atoms with van der Waals surface area (Å²) in [5, 5.41) is 14.8. The van der Waals surface area contributed by atoms with E-state index in [0.29, 0.717) is 5.56 Å². The van der Waals surface area contributed by atoms with Gasteiger partial charge in [0.2, 0.25) is 0 Å². The number of alkyl halides is 1. The smallest absolute Gasteiger partial charge is 0.285 e. The Hall–Kier alpha value is -1.43. The van der Waals surface area contributed by atoms with Crippen LogP contribution in [0.2, 0.25) is 0 Å². The first-order valence-electron chi connectivity index (χ1n) is 6.47. The standard InChI is InChI=1S/C14H19BrN2O3/c1-4-14(3,8-9-15)16-13(18)11-7-5-6-10(2)12(11)17(19)20/h5-7H,4,8-9H2,1-3H3,(H,16,18). The summed E-state index contributed by atoms with van der Waals surface area (Å²) in [5.74, 6) is -0.397. The fraction of sp³-hybridized carbons (Fsp3) is 0.500. The maximum absolute atomic E-state index is 12.3. The quantitative estimate of drug-likeness (QED) is 0.487. The Balaban J connectivity index is 3.10. The lowest BCUT2D eigenvalue weighted by Crippen LogP contribution is -2.46. The minimum Gasteiger partial charge on any atom is -0.347 e. The Labute approximate surface area is 127 Å². The number of amides is 1. The van der Waals surface area contributed by atoms with Gasteiger partial charge in [-0.2, -0.15) is 0 Å². The summed E-state index contributed by atoms with van der Waals surface area (Å²) in [7, 11) is 0. The number of hydrogen-bond donors (Lipinski definition) is 1. The first-order valence-corrected chi connectivity index (χ1v) is 7.59. The van der Waals surface area contributed by atoms with Crippen molar-refractivity contribution in [2.45, 2.75) is 39.2 Å². The highest BCUT2D eigenvalue weighted by Crippen LogP contribution is 2.24. The van der Waals surface area contributed by atoms with Gasteiger partial charge in [-0.15, -0.1) is 0 Å². The minimum absolute atomic E-state index is 0.115. The molecule has 0 fully saturated rings. The summed E-state index contributed by atoms with van der Waals surface area (Å²) in [6, 6.07) is 4.78. The van der Waals surface area contributed by atoms with Crippen molar-refractivity contribution in [3.63, 3.8) is 0 Å². The molecule has 0 aliphatic carbocycles. The van der Waals surface area contributed by atoms with Crippen LogP contribution in [0.1, 0.15) is 42.6 Å². The van der Waals surface area contributed by atoms with E-state index in [1.165, 1.54) is 6.07 Å². The molecule has 20 heavy (non-hydrogen) atoms. The highest BCUT2D eigenvalue weighted by Gasteiger charge is 2.28. The highest BCUT2D eigenvalue weighted by molar-refractivity contribution is 9.09. The second-order valence-corrected chi connectivity index (χ2v) is 5.83. The molecule has 0 spiro atoms. The number of rotatable bonds is 6. The van der Waals surface area contributed by atoms with Crippen LogP contribution in [0.15, 0.2) is 18.2 Å². The van der Waals surface area contributed by atoms with Crippen LogP contribution in [-0.2, 0) is 0 Å². The molecule has 1 rings (SSSR count). The van der Waals surface area contributed by atoms with Crippen molar-refractivity contribution >= 4 is 27.5 Å². The minimum atomic E-state index is -0.502. The largest absolute Gasteiger partial charge is 0.347 e. The fourth-order valence-electron chi connectivity index (χ4n) is 1.96. The molecule has 1 amide bonds. The Morgan fingerprint density at radius 3 is 2.65 bits per heavy atom. The van der Waals surface area contributed by atoms with Crippen LogP contribution in [0.25, 0.3) is 0 Å². The van der Waals surface area contributed by atoms with Crippen LogP contribution in [0.5, 0.6) is 0 Å². The normalized spacial score (nSPS) is 13.6. The summed E-state index contributed by atoms with van der Waals surface area (Å²) in [5.41, 5.74) is 0.103. The second-order valence-electron chi connectivity index (χ2n) is 5.04. The summed E-state index contributed by atoms with van der Waals surface area (Å²) >= 11 is 3.36. The molecule has 1 N–H and O–H groups in total. The molecular formula is C14H19BrN2O3. The topological polar surface area (TPSA) is 72.2 Å². The molecule has 6 heteroatoms. The highest BCUT2D eigenvalue weighted by atomic mass is 79.9. The maximum Gasteiger partial charge on any atom is 0.285 e. The van der Waals surface area contributed by atoms with Gasteiger partial charge in [0.05, 0.1) is 4.92 Å². The van der Waals surface area contributed by atoms with Gasteiger partial charge < -0.3 is 5.32 Å². The fourth-order valence-corrected chi connectivity index (χ4v) is 2.84. The maximum atomic E-state index is 12.3. The number of hydrogen-bond acceptors (Lipinski definition) is 3. The van der Waals surface area contributed by atoms with Crippen molar-refractivity contribution in [3.05, 3.63) is 39.4 Å². The van der Waals surface area contributed by atoms with Crippen molar-refractivity contribution < 1.29 is 9.72 Å². The average molecular weight is 343 g/mol. The molecule has 0 bridgehead atoms. The third-order valence-corrected chi connectivity index (χ3v) is 3.90. The van der Waals surface area contributed by atoms with Crippen molar-refractivity contribution in [2.24, 2.45) is 0 Å². The van der Waals surface area contributed by atoms with E-state index in [1.54, 1.807) is 19.1 Å². The first-order chi connectivity index (χ1) is 9.34. The van der Waals surface area contributed by atoms with E-state index in [0.717, 1.165) is 18.2 Å². The van der Waals surface area contributed by atoms with Gasteiger partial charge in [-0.05, 0) is 32.8 Å². The van der Waals surface area contributed by atoms with E-state index >= 15 is 0 Å². The van der Waals surface area contributed by atoms with Crippen LogP contribution in [0.3, 0.4) is 0 Å². The van der Waals surface area contributed by atoms with Crippen molar-refractivity contribution in [2.75, 3.05) is 5.33 Å². The van der Waals surface area contributed by atoms with Crippen LogP contribution in [0.4, 0.5) is 5.69 Å². The summed E-state index contributed by atoms with van der Waals surface area (Å²) < 4.78 is 0. The number of para-hydroxylation sites is 1. The molecule has 1 aromatic rings. The predicted octanol–water partition coefficient (Wildman–Crippen LogP) is 3.59. The molecular weight excluding hydrogens is 324 g/mol. The zero-order chi connectivity index (χ0) is 15.3. The molecule has 1 unspecified atom stereocenters. The van der Waals surface area contributed by atoms with Gasteiger partial charge in [-0.25, -0.2) is 0 Å². The van der Waals surface area contributed by atoms with Crippen LogP contribution in [-0.4, -0.2) is 21.7 Å². The van der Waals surface area contributed by atoms with E-state index in [9.17, 15) is 14.9 Å². The Kier molecular flexibility index (Phi) is 5.68. The molecule has 0 aliphatic rings. The van der Waals surface area contributed by atoms with Gasteiger partial charge in [-0.1, -0.05) is 35.0 Å². The lowest BCUT2D eigenvalue weighted by atomic mass is 9.94. The molecule has 5 nitrogen and oxygen atoms in total. The predicted molar refractivity (Wildman–Crippen MR) is 82.4 cm³/mol. The monoisotopic (exact) mass is 342 g/mol. The Morgan fingerprint density at radius 1 is 1.50 bits per heavy atom. The molecule has 0 saturated carbocycles. The third kappa shape index (κ3) is 3.79. The second kappa shape index (κ2) is 6.83. The Bertz CT molecular complexity index is 519. The zero-order valence-corrected chi connectivity index (χ0v) is 13.5. The van der Waals surface area contributed by atoms with E-state index in [2.05, 4.69) is 21.2 Å². The number of halogens is 1. The summed E-state index contributed by atoms with van der Waals surface area (Å²) in [6.45, 7) is 5.55. The Morgan fingerprint density at radius 2 is 2.15 bits per heavy atom. The molecule has 0 saturated heterocycles. The number of nitrogens with zero attached hydrogens (tertiary/aromatic N) is 1. The average Bonchev–Trinajstić information content (AvgIpc) is 2.38. The van der Waals surface area contributed by atoms with Crippen molar-refractivity contribution in [3.8, 4) is 0 Å². The van der Waals surface area contributed by atoms with Crippen LogP contribution >= 0.6 is 15.9 Å². The number of carbonyl (C=O) groups excluding carboxylic acids is 1. The van der Waals surface area contributed by atoms with E-state index in [-0.39, 0.29) is 16.8 Å². The van der Waals surface area contributed by atoms with E-state index in [4.69, 9.17) is 0 Å². The van der Waals surface area contributed by atoms with E-state index in [1.807, 2.05) is 13.8 Å². The SMILES string of the molecule is CCC(C)(CCBr)NC(=O)c1cccc(C)c1[N+](=O)[O-]. The zero-order valence-electron chi connectivity index (χ0n) is 11.9. The van der Waals surface area contributed by atoms with Crippen LogP contribution in [0, 0.1) is 17.0 Å². The molecule has 0 radical (unpaired) electrons.